The van der Waals surface area contributed by atoms with E-state index in [1.54, 1.807) is 6.07 Å². The van der Waals surface area contributed by atoms with Gasteiger partial charge in [-0.05, 0) is 42.5 Å². The third-order valence-corrected chi connectivity index (χ3v) is 6.10. The number of ether oxygens (including phenoxy) is 2. The SMILES string of the molecule is CS(C)(C)CCOCOc1cc(C(F)(F)F)ccc1-c1ccc(-c2cnc(N)nc2)c(F)c1. The summed E-state index contributed by atoms with van der Waals surface area (Å²) in [6.07, 6.45) is 4.65. The number of anilines is 1. The number of benzene rings is 2. The Labute approximate surface area is 191 Å². The van der Waals surface area contributed by atoms with Gasteiger partial charge in [0.2, 0.25) is 5.95 Å². The molecule has 0 radical (unpaired) electrons. The van der Waals surface area contributed by atoms with Crippen molar-refractivity contribution in [3.63, 3.8) is 0 Å². The number of aromatic nitrogens is 2. The summed E-state index contributed by atoms with van der Waals surface area (Å²) in [7, 11) is -0.767. The fourth-order valence-electron chi connectivity index (χ4n) is 2.92. The maximum atomic E-state index is 14.9. The predicted molar refractivity (Wildman–Crippen MR) is 124 cm³/mol. The van der Waals surface area contributed by atoms with Gasteiger partial charge in [0.1, 0.15) is 11.6 Å². The zero-order chi connectivity index (χ0) is 24.2. The quantitative estimate of drug-likeness (QED) is 0.257. The van der Waals surface area contributed by atoms with Crippen molar-refractivity contribution >= 4 is 16.0 Å². The van der Waals surface area contributed by atoms with E-state index in [1.807, 2.05) is 0 Å². The lowest BCUT2D eigenvalue weighted by Gasteiger charge is -2.24. The van der Waals surface area contributed by atoms with Crippen LogP contribution in [-0.4, -0.2) is 47.9 Å². The van der Waals surface area contributed by atoms with Crippen LogP contribution < -0.4 is 10.5 Å². The van der Waals surface area contributed by atoms with Crippen LogP contribution in [0.1, 0.15) is 5.56 Å². The van der Waals surface area contributed by atoms with Crippen LogP contribution in [0.15, 0.2) is 48.8 Å². The Hall–Kier alpha value is -2.85. The minimum absolute atomic E-state index is 0.0455. The van der Waals surface area contributed by atoms with Gasteiger partial charge in [-0.25, -0.2) is 24.4 Å². The van der Waals surface area contributed by atoms with Crippen LogP contribution in [0.2, 0.25) is 0 Å². The highest BCUT2D eigenvalue weighted by Crippen LogP contribution is 2.38. The standard InChI is InChI=1S/C23H25F4N3O2S/c1-33(2,3)9-8-31-14-32-21-11-17(23(25,26)27)5-7-19(21)15-4-6-18(20(24)10-15)16-12-29-22(28)30-13-16/h4-7,10-13H,8-9,14H2,1-3H3,(H2,28,29,30). The van der Waals surface area contributed by atoms with Gasteiger partial charge in [-0.15, -0.1) is 0 Å². The molecule has 33 heavy (non-hydrogen) atoms. The summed E-state index contributed by atoms with van der Waals surface area (Å²) in [5.74, 6) is 0.272. The highest BCUT2D eigenvalue weighted by Gasteiger charge is 2.31. The zero-order valence-corrected chi connectivity index (χ0v) is 19.3. The van der Waals surface area contributed by atoms with E-state index in [1.165, 1.54) is 30.6 Å². The number of rotatable bonds is 8. The molecular weight excluding hydrogens is 458 g/mol. The molecule has 0 saturated heterocycles. The third-order valence-electron chi connectivity index (χ3n) is 4.71. The molecule has 5 nitrogen and oxygen atoms in total. The number of hydrogen-bond acceptors (Lipinski definition) is 5. The van der Waals surface area contributed by atoms with Crippen LogP contribution in [0.4, 0.5) is 23.5 Å². The largest absolute Gasteiger partial charge is 0.467 e. The third kappa shape index (κ3) is 6.82. The fourth-order valence-corrected chi connectivity index (χ4v) is 3.54. The summed E-state index contributed by atoms with van der Waals surface area (Å²) in [6, 6.07) is 7.42. The number of nitrogens with two attached hydrogens (primary N) is 1. The van der Waals surface area contributed by atoms with Gasteiger partial charge in [-0.1, -0.05) is 18.2 Å². The van der Waals surface area contributed by atoms with E-state index in [0.29, 0.717) is 23.3 Å². The molecule has 0 unspecified atom stereocenters. The van der Waals surface area contributed by atoms with Crippen molar-refractivity contribution in [3.8, 4) is 28.0 Å². The van der Waals surface area contributed by atoms with E-state index in [9.17, 15) is 17.6 Å². The van der Waals surface area contributed by atoms with Gasteiger partial charge in [0.25, 0.3) is 0 Å². The molecule has 1 heterocycles. The Morgan fingerprint density at radius 3 is 2.21 bits per heavy atom. The Bertz CT molecular complexity index is 1100. The molecule has 178 valence electrons. The molecular formula is C23H25F4N3O2S. The molecule has 0 spiro atoms. The van der Waals surface area contributed by atoms with Gasteiger partial charge in [0, 0.05) is 34.8 Å². The molecule has 3 rings (SSSR count). The second kappa shape index (κ2) is 9.96. The minimum Gasteiger partial charge on any atom is -0.467 e. The Balaban J connectivity index is 1.87. The van der Waals surface area contributed by atoms with Crippen molar-refractivity contribution in [1.82, 2.24) is 9.97 Å². The topological polar surface area (TPSA) is 70.3 Å². The summed E-state index contributed by atoms with van der Waals surface area (Å²) in [5.41, 5.74) is 5.93. The fraction of sp³-hybridized carbons (Fsp3) is 0.304. The average molecular weight is 484 g/mol. The second-order valence-corrected chi connectivity index (χ2v) is 12.8. The molecule has 0 fully saturated rings. The van der Waals surface area contributed by atoms with E-state index in [0.717, 1.165) is 17.9 Å². The minimum atomic E-state index is -4.54. The Kier molecular flexibility index (Phi) is 7.48. The number of hydrogen-bond donors (Lipinski definition) is 1. The van der Waals surface area contributed by atoms with E-state index in [2.05, 4.69) is 28.7 Å². The van der Waals surface area contributed by atoms with Crippen LogP contribution in [0.3, 0.4) is 0 Å². The maximum Gasteiger partial charge on any atom is 0.416 e. The molecule has 0 amide bonds. The molecule has 1 aromatic heterocycles. The molecule has 10 heteroatoms. The lowest BCUT2D eigenvalue weighted by molar-refractivity contribution is -0.137. The normalized spacial score (nSPS) is 12.6. The van der Waals surface area contributed by atoms with E-state index in [-0.39, 0.29) is 24.1 Å². The summed E-state index contributed by atoms with van der Waals surface area (Å²) in [4.78, 5) is 7.70. The Morgan fingerprint density at radius 2 is 1.61 bits per heavy atom. The maximum absolute atomic E-state index is 14.9. The molecule has 2 N–H and O–H groups in total. The molecule has 0 saturated carbocycles. The van der Waals surface area contributed by atoms with E-state index >= 15 is 0 Å². The van der Waals surface area contributed by atoms with Crippen LogP contribution >= 0.6 is 10.0 Å². The first-order valence-electron chi connectivity index (χ1n) is 9.90. The molecule has 0 bridgehead atoms. The molecule has 3 aromatic rings. The van der Waals surface area contributed by atoms with Gasteiger partial charge in [-0.3, -0.25) is 0 Å². The van der Waals surface area contributed by atoms with Crippen LogP contribution in [0, 0.1) is 5.82 Å². The summed E-state index contributed by atoms with van der Waals surface area (Å²) >= 11 is 0. The molecule has 0 aliphatic carbocycles. The van der Waals surface area contributed by atoms with E-state index in [4.69, 9.17) is 15.2 Å². The summed E-state index contributed by atoms with van der Waals surface area (Å²) in [6.45, 7) is 0.216. The lowest BCUT2D eigenvalue weighted by Crippen LogP contribution is -2.11. The first kappa shape index (κ1) is 24.8. The van der Waals surface area contributed by atoms with Crippen molar-refractivity contribution in [2.45, 2.75) is 6.18 Å². The molecule has 0 aliphatic rings. The number of nitrogens with zero attached hydrogens (tertiary/aromatic N) is 2. The summed E-state index contributed by atoms with van der Waals surface area (Å²) in [5, 5.41) is 0. The Morgan fingerprint density at radius 1 is 0.939 bits per heavy atom. The average Bonchev–Trinajstić information content (AvgIpc) is 2.73. The smallest absolute Gasteiger partial charge is 0.416 e. The van der Waals surface area contributed by atoms with Crippen molar-refractivity contribution in [1.29, 1.82) is 0 Å². The van der Waals surface area contributed by atoms with Crippen molar-refractivity contribution < 1.29 is 27.0 Å². The number of halogens is 4. The van der Waals surface area contributed by atoms with Crippen molar-refractivity contribution in [2.75, 3.05) is 43.7 Å². The highest BCUT2D eigenvalue weighted by atomic mass is 32.3. The number of alkyl halides is 3. The molecule has 0 atom stereocenters. The monoisotopic (exact) mass is 483 g/mol. The van der Waals surface area contributed by atoms with Gasteiger partial charge in [0.15, 0.2) is 6.79 Å². The van der Waals surface area contributed by atoms with Crippen LogP contribution in [0.25, 0.3) is 22.3 Å². The first-order valence-corrected chi connectivity index (χ1v) is 12.9. The van der Waals surface area contributed by atoms with Gasteiger partial charge >= 0.3 is 6.18 Å². The van der Waals surface area contributed by atoms with Crippen molar-refractivity contribution in [3.05, 3.63) is 60.2 Å². The van der Waals surface area contributed by atoms with Gasteiger partial charge in [0.05, 0.1) is 12.2 Å². The van der Waals surface area contributed by atoms with Crippen LogP contribution in [-0.2, 0) is 10.9 Å². The molecule has 0 aliphatic heterocycles. The van der Waals surface area contributed by atoms with Crippen LogP contribution in [0.5, 0.6) is 5.75 Å². The lowest BCUT2D eigenvalue weighted by atomic mass is 9.99. The summed E-state index contributed by atoms with van der Waals surface area (Å²) < 4.78 is 65.6. The highest BCUT2D eigenvalue weighted by molar-refractivity contribution is 8.32. The van der Waals surface area contributed by atoms with E-state index < -0.39 is 27.6 Å². The van der Waals surface area contributed by atoms with Crippen molar-refractivity contribution in [2.24, 2.45) is 0 Å². The predicted octanol–water partition coefficient (Wildman–Crippen LogP) is 5.60. The van der Waals surface area contributed by atoms with Gasteiger partial charge < -0.3 is 15.2 Å². The first-order chi connectivity index (χ1) is 15.4. The number of nitrogen functional groups attached to an aromatic ring is 1. The van der Waals surface area contributed by atoms with Gasteiger partial charge in [-0.2, -0.15) is 13.2 Å². The second-order valence-electron chi connectivity index (χ2n) is 8.20. The molecule has 2 aromatic carbocycles. The zero-order valence-electron chi connectivity index (χ0n) is 18.4.